The van der Waals surface area contributed by atoms with E-state index in [9.17, 15) is 9.59 Å². The maximum absolute atomic E-state index is 12.8. The molecule has 0 saturated heterocycles. The molecule has 8 nitrogen and oxygen atoms in total. The molecule has 1 aliphatic heterocycles. The van der Waals surface area contributed by atoms with Crippen molar-refractivity contribution in [3.63, 3.8) is 0 Å². The number of hydrogen-bond acceptors (Lipinski definition) is 6. The van der Waals surface area contributed by atoms with E-state index in [-0.39, 0.29) is 23.6 Å². The molecular formula is C17H16N4O4. The SMILES string of the molecule is COCc1nc2c(o1)CCN(C(=O)c1cnc3ccccn3c1=O)C2. The highest BCUT2D eigenvalue weighted by atomic mass is 16.5. The minimum Gasteiger partial charge on any atom is -0.443 e. The van der Waals surface area contributed by atoms with Gasteiger partial charge in [0, 0.05) is 32.5 Å². The van der Waals surface area contributed by atoms with Gasteiger partial charge < -0.3 is 14.1 Å². The highest BCUT2D eigenvalue weighted by Gasteiger charge is 2.27. The first-order chi connectivity index (χ1) is 12.2. The van der Waals surface area contributed by atoms with Crippen LogP contribution in [-0.2, 0) is 24.3 Å². The first-order valence-corrected chi connectivity index (χ1v) is 7.89. The van der Waals surface area contributed by atoms with Gasteiger partial charge in [-0.2, -0.15) is 0 Å². The monoisotopic (exact) mass is 340 g/mol. The number of fused-ring (bicyclic) bond motifs is 2. The highest BCUT2D eigenvalue weighted by molar-refractivity contribution is 5.93. The zero-order chi connectivity index (χ0) is 17.4. The van der Waals surface area contributed by atoms with Crippen molar-refractivity contribution in [1.29, 1.82) is 0 Å². The number of pyridine rings is 1. The van der Waals surface area contributed by atoms with E-state index in [4.69, 9.17) is 9.15 Å². The van der Waals surface area contributed by atoms with Gasteiger partial charge >= 0.3 is 0 Å². The zero-order valence-corrected chi connectivity index (χ0v) is 13.6. The summed E-state index contributed by atoms with van der Waals surface area (Å²) in [6, 6.07) is 5.23. The maximum Gasteiger partial charge on any atom is 0.270 e. The Labute approximate surface area is 142 Å². The van der Waals surface area contributed by atoms with Crippen molar-refractivity contribution in [2.75, 3.05) is 13.7 Å². The summed E-state index contributed by atoms with van der Waals surface area (Å²) in [4.78, 5) is 35.5. The van der Waals surface area contributed by atoms with Gasteiger partial charge in [0.25, 0.3) is 11.5 Å². The Morgan fingerprint density at radius 1 is 1.40 bits per heavy atom. The number of aromatic nitrogens is 3. The van der Waals surface area contributed by atoms with Crippen LogP contribution in [0, 0.1) is 0 Å². The van der Waals surface area contributed by atoms with Gasteiger partial charge in [0.15, 0.2) is 0 Å². The Kier molecular flexibility index (Phi) is 3.81. The van der Waals surface area contributed by atoms with Gasteiger partial charge in [-0.15, -0.1) is 0 Å². The van der Waals surface area contributed by atoms with Crippen LogP contribution in [0.4, 0.5) is 0 Å². The zero-order valence-electron chi connectivity index (χ0n) is 13.6. The van der Waals surface area contributed by atoms with Crippen LogP contribution in [0.1, 0.15) is 27.7 Å². The average molecular weight is 340 g/mol. The summed E-state index contributed by atoms with van der Waals surface area (Å²) < 4.78 is 12.0. The number of amides is 1. The van der Waals surface area contributed by atoms with Crippen molar-refractivity contribution in [1.82, 2.24) is 19.3 Å². The van der Waals surface area contributed by atoms with Crippen LogP contribution in [-0.4, -0.2) is 38.8 Å². The second-order valence-corrected chi connectivity index (χ2v) is 5.79. The van der Waals surface area contributed by atoms with E-state index >= 15 is 0 Å². The van der Waals surface area contributed by atoms with E-state index in [1.807, 2.05) is 0 Å². The standard InChI is InChI=1S/C17H16N4O4/c1-24-10-15-19-12-9-20(7-5-13(12)25-15)16(22)11-8-18-14-4-2-3-6-21(14)17(11)23/h2-4,6,8H,5,7,9-10H2,1H3. The second-order valence-electron chi connectivity index (χ2n) is 5.79. The summed E-state index contributed by atoms with van der Waals surface area (Å²) in [7, 11) is 1.57. The molecule has 0 aliphatic carbocycles. The molecule has 25 heavy (non-hydrogen) atoms. The lowest BCUT2D eigenvalue weighted by Crippen LogP contribution is -2.39. The van der Waals surface area contributed by atoms with Gasteiger partial charge in [-0.25, -0.2) is 9.97 Å². The minimum atomic E-state index is -0.373. The van der Waals surface area contributed by atoms with Crippen LogP contribution in [0.25, 0.3) is 5.65 Å². The lowest BCUT2D eigenvalue weighted by Gasteiger charge is -2.25. The topological polar surface area (TPSA) is 89.9 Å². The smallest absolute Gasteiger partial charge is 0.270 e. The quantitative estimate of drug-likeness (QED) is 0.707. The van der Waals surface area contributed by atoms with Gasteiger partial charge in [0.2, 0.25) is 5.89 Å². The summed E-state index contributed by atoms with van der Waals surface area (Å²) >= 11 is 0. The molecule has 1 amide bonds. The molecule has 128 valence electrons. The molecule has 0 radical (unpaired) electrons. The molecule has 0 N–H and O–H groups in total. The predicted octanol–water partition coefficient (Wildman–Crippen LogP) is 1.03. The summed E-state index contributed by atoms with van der Waals surface area (Å²) in [5.41, 5.74) is 0.889. The van der Waals surface area contributed by atoms with Gasteiger partial charge in [-0.05, 0) is 12.1 Å². The number of ether oxygens (including phenoxy) is 1. The lowest BCUT2D eigenvalue weighted by atomic mass is 10.1. The molecule has 0 aromatic carbocycles. The number of carbonyl (C=O) groups excluding carboxylic acids is 1. The molecule has 0 atom stereocenters. The molecule has 4 rings (SSSR count). The van der Waals surface area contributed by atoms with E-state index < -0.39 is 0 Å². The number of hydrogen-bond donors (Lipinski definition) is 0. The molecule has 4 heterocycles. The van der Waals surface area contributed by atoms with Crippen molar-refractivity contribution >= 4 is 11.6 Å². The molecule has 0 unspecified atom stereocenters. The third-order valence-corrected chi connectivity index (χ3v) is 4.17. The molecule has 0 fully saturated rings. The van der Waals surface area contributed by atoms with Crippen LogP contribution in [0.3, 0.4) is 0 Å². The number of carbonyl (C=O) groups is 1. The Balaban J connectivity index is 1.63. The predicted molar refractivity (Wildman–Crippen MR) is 87.1 cm³/mol. The molecule has 3 aromatic rings. The number of nitrogens with zero attached hydrogens (tertiary/aromatic N) is 4. The van der Waals surface area contributed by atoms with Crippen LogP contribution in [0.15, 0.2) is 39.8 Å². The highest BCUT2D eigenvalue weighted by Crippen LogP contribution is 2.21. The van der Waals surface area contributed by atoms with E-state index in [0.29, 0.717) is 36.7 Å². The van der Waals surface area contributed by atoms with Crippen molar-refractivity contribution in [2.45, 2.75) is 19.6 Å². The summed E-state index contributed by atoms with van der Waals surface area (Å²) in [6.45, 7) is 1.06. The fraction of sp³-hybridized carbons (Fsp3) is 0.294. The number of oxazole rings is 1. The molecule has 0 saturated carbocycles. The van der Waals surface area contributed by atoms with Gasteiger partial charge in [0.1, 0.15) is 29.3 Å². The van der Waals surface area contributed by atoms with Crippen molar-refractivity contribution in [2.24, 2.45) is 0 Å². The van der Waals surface area contributed by atoms with E-state index in [2.05, 4.69) is 9.97 Å². The van der Waals surface area contributed by atoms with Crippen molar-refractivity contribution in [3.8, 4) is 0 Å². The summed E-state index contributed by atoms with van der Waals surface area (Å²) in [5, 5.41) is 0. The second kappa shape index (κ2) is 6.14. The Morgan fingerprint density at radius 3 is 3.12 bits per heavy atom. The van der Waals surface area contributed by atoms with Crippen molar-refractivity contribution < 1.29 is 13.9 Å². The lowest BCUT2D eigenvalue weighted by molar-refractivity contribution is 0.0725. The van der Waals surface area contributed by atoms with Crippen molar-refractivity contribution in [3.05, 3.63) is 63.9 Å². The van der Waals surface area contributed by atoms with E-state index in [1.165, 1.54) is 10.6 Å². The third kappa shape index (κ3) is 2.70. The third-order valence-electron chi connectivity index (χ3n) is 4.17. The number of rotatable bonds is 3. The summed E-state index contributed by atoms with van der Waals surface area (Å²) in [5.74, 6) is 0.913. The Hall–Kier alpha value is -3.00. The van der Waals surface area contributed by atoms with Gasteiger partial charge in [-0.1, -0.05) is 6.07 Å². The molecule has 1 aliphatic rings. The fourth-order valence-corrected chi connectivity index (χ4v) is 2.95. The normalized spacial score (nSPS) is 13.9. The van der Waals surface area contributed by atoms with E-state index in [0.717, 1.165) is 5.76 Å². The first kappa shape index (κ1) is 15.5. The molecule has 0 spiro atoms. The van der Waals surface area contributed by atoms with Gasteiger partial charge in [0.05, 0.1) is 6.54 Å². The van der Waals surface area contributed by atoms with Crippen LogP contribution in [0.2, 0.25) is 0 Å². The molecule has 0 bridgehead atoms. The fourth-order valence-electron chi connectivity index (χ4n) is 2.95. The van der Waals surface area contributed by atoms with Gasteiger partial charge in [-0.3, -0.25) is 14.0 Å². The largest absolute Gasteiger partial charge is 0.443 e. The Morgan fingerprint density at radius 2 is 2.28 bits per heavy atom. The summed E-state index contributed by atoms with van der Waals surface area (Å²) in [6.07, 6.45) is 3.50. The number of methoxy groups -OCH3 is 1. The average Bonchev–Trinajstić information content (AvgIpc) is 3.03. The minimum absolute atomic E-state index is 0.0489. The maximum atomic E-state index is 12.8. The first-order valence-electron chi connectivity index (χ1n) is 7.89. The molecule has 8 heteroatoms. The molecular weight excluding hydrogens is 324 g/mol. The van der Waals surface area contributed by atoms with Crippen LogP contribution < -0.4 is 5.56 Å². The molecule has 3 aromatic heterocycles. The van der Waals surface area contributed by atoms with Crippen LogP contribution >= 0.6 is 0 Å². The van der Waals surface area contributed by atoms with E-state index in [1.54, 1.807) is 36.4 Å². The van der Waals surface area contributed by atoms with Crippen LogP contribution in [0.5, 0.6) is 0 Å². The Bertz CT molecular complexity index is 1010.